The van der Waals surface area contributed by atoms with Crippen LogP contribution in [-0.2, 0) is 0 Å². The van der Waals surface area contributed by atoms with Crippen molar-refractivity contribution in [3.05, 3.63) is 34.6 Å². The Morgan fingerprint density at radius 1 is 1.62 bits per heavy atom. The van der Waals surface area contributed by atoms with Gasteiger partial charge in [-0.1, -0.05) is 24.9 Å². The number of carbonyl (C=O) groups excluding carboxylic acids is 1. The van der Waals surface area contributed by atoms with Gasteiger partial charge in [-0.25, -0.2) is 4.39 Å². The summed E-state index contributed by atoms with van der Waals surface area (Å²) in [6.07, 6.45) is 1.25. The van der Waals surface area contributed by atoms with E-state index < -0.39 is 11.7 Å². The normalized spacial score (nSPS) is 11.9. The van der Waals surface area contributed by atoms with Crippen LogP contribution in [0.25, 0.3) is 0 Å². The van der Waals surface area contributed by atoms with Crippen LogP contribution in [0.3, 0.4) is 0 Å². The number of halogens is 2. The number of benzene rings is 1. The highest BCUT2D eigenvalue weighted by Gasteiger charge is 2.19. The van der Waals surface area contributed by atoms with Crippen molar-refractivity contribution in [1.29, 1.82) is 5.26 Å². The summed E-state index contributed by atoms with van der Waals surface area (Å²) in [6, 6.07) is 5.70. The van der Waals surface area contributed by atoms with Crippen molar-refractivity contribution < 1.29 is 9.18 Å². The fraction of sp³-hybridized carbons (Fsp3) is 0.333. The second-order valence-electron chi connectivity index (χ2n) is 3.46. The van der Waals surface area contributed by atoms with Crippen LogP contribution in [0.1, 0.15) is 30.1 Å². The molecule has 1 atom stereocenters. The Morgan fingerprint density at radius 3 is 2.81 bits per heavy atom. The van der Waals surface area contributed by atoms with Gasteiger partial charge in [-0.2, -0.15) is 5.26 Å². The van der Waals surface area contributed by atoms with Crippen LogP contribution in [0.4, 0.5) is 4.39 Å². The lowest BCUT2D eigenvalue weighted by molar-refractivity contribution is 0.0943. The highest BCUT2D eigenvalue weighted by atomic mass is 35.5. The average molecular weight is 240 g/mol. The molecule has 1 aromatic carbocycles. The summed E-state index contributed by atoms with van der Waals surface area (Å²) in [6.45, 7) is 1.90. The number of nitrogens with zero attached hydrogens (tertiary/aromatic N) is 1. The maximum absolute atomic E-state index is 12.9. The highest BCUT2D eigenvalue weighted by molar-refractivity contribution is 6.31. The maximum Gasteiger partial charge on any atom is 0.180 e. The van der Waals surface area contributed by atoms with Gasteiger partial charge in [-0.15, -0.1) is 0 Å². The van der Waals surface area contributed by atoms with Crippen molar-refractivity contribution in [3.63, 3.8) is 0 Å². The van der Waals surface area contributed by atoms with Crippen molar-refractivity contribution in [2.45, 2.75) is 19.8 Å². The van der Waals surface area contributed by atoms with Gasteiger partial charge >= 0.3 is 0 Å². The third-order valence-corrected chi connectivity index (χ3v) is 2.54. The van der Waals surface area contributed by atoms with Crippen molar-refractivity contribution in [1.82, 2.24) is 0 Å². The molecule has 0 radical (unpaired) electrons. The number of hydrogen-bond donors (Lipinski definition) is 0. The molecule has 84 valence electrons. The first-order valence-electron chi connectivity index (χ1n) is 4.99. The lowest BCUT2D eigenvalue weighted by Crippen LogP contribution is -2.12. The predicted octanol–water partition coefficient (Wildman–Crippen LogP) is 3.60. The molecule has 0 amide bonds. The van der Waals surface area contributed by atoms with Gasteiger partial charge in [-0.3, -0.25) is 4.79 Å². The largest absolute Gasteiger partial charge is 0.293 e. The molecule has 1 aromatic rings. The van der Waals surface area contributed by atoms with Crippen molar-refractivity contribution >= 4 is 17.4 Å². The van der Waals surface area contributed by atoms with E-state index in [9.17, 15) is 9.18 Å². The molecule has 2 nitrogen and oxygen atoms in total. The Labute approximate surface area is 98.6 Å². The molecule has 0 bridgehead atoms. The van der Waals surface area contributed by atoms with Crippen molar-refractivity contribution in [2.75, 3.05) is 0 Å². The summed E-state index contributed by atoms with van der Waals surface area (Å²) < 4.78 is 12.9. The number of Topliss-reactive ketones (excluding diaryl/α,β-unsaturated/α-hetero) is 1. The molecule has 0 fully saturated rings. The molecule has 16 heavy (non-hydrogen) atoms. The SMILES string of the molecule is CCCC(C#N)C(=O)c1ccc(F)c(Cl)c1. The Kier molecular flexibility index (Phi) is 4.45. The average Bonchev–Trinajstić information content (AvgIpc) is 2.28. The first-order valence-corrected chi connectivity index (χ1v) is 5.36. The number of hydrogen-bond acceptors (Lipinski definition) is 2. The fourth-order valence-corrected chi connectivity index (χ4v) is 1.57. The van der Waals surface area contributed by atoms with Gasteiger partial charge in [0.15, 0.2) is 5.78 Å². The van der Waals surface area contributed by atoms with E-state index >= 15 is 0 Å². The zero-order valence-corrected chi connectivity index (χ0v) is 9.59. The second-order valence-corrected chi connectivity index (χ2v) is 3.87. The first kappa shape index (κ1) is 12.7. The summed E-state index contributed by atoms with van der Waals surface area (Å²) in [5, 5.41) is 8.74. The molecule has 0 saturated carbocycles. The maximum atomic E-state index is 12.9. The standard InChI is InChI=1S/C12H11ClFNO/c1-2-3-9(7-15)12(16)8-4-5-11(14)10(13)6-8/h4-6,9H,2-3H2,1H3. The van der Waals surface area contributed by atoms with Gasteiger partial charge in [0, 0.05) is 5.56 Å². The predicted molar refractivity (Wildman–Crippen MR) is 59.8 cm³/mol. The Balaban J connectivity index is 2.96. The van der Waals surface area contributed by atoms with Crippen LogP contribution in [0.5, 0.6) is 0 Å². The van der Waals surface area contributed by atoms with E-state index in [1.54, 1.807) is 0 Å². The van der Waals surface area contributed by atoms with Gasteiger partial charge in [0.2, 0.25) is 0 Å². The summed E-state index contributed by atoms with van der Waals surface area (Å²) >= 11 is 5.57. The van der Waals surface area contributed by atoms with Crippen LogP contribution in [0.15, 0.2) is 18.2 Å². The monoisotopic (exact) mass is 239 g/mol. The van der Waals surface area contributed by atoms with Gasteiger partial charge in [0.1, 0.15) is 11.7 Å². The first-order chi connectivity index (χ1) is 7.60. The summed E-state index contributed by atoms with van der Waals surface area (Å²) in [5.41, 5.74) is 0.284. The van der Waals surface area contributed by atoms with Gasteiger partial charge < -0.3 is 0 Å². The zero-order valence-electron chi connectivity index (χ0n) is 8.84. The van der Waals surface area contributed by atoms with Crippen LogP contribution in [0, 0.1) is 23.1 Å². The molecule has 1 unspecified atom stereocenters. The minimum absolute atomic E-state index is 0.0981. The molecule has 0 heterocycles. The molecule has 0 saturated heterocycles. The Morgan fingerprint density at radius 2 is 2.31 bits per heavy atom. The van der Waals surface area contributed by atoms with Crippen LogP contribution >= 0.6 is 11.6 Å². The van der Waals surface area contributed by atoms with Crippen LogP contribution < -0.4 is 0 Å². The number of nitriles is 1. The molecule has 0 aliphatic carbocycles. The Bertz CT molecular complexity index is 439. The Hall–Kier alpha value is -1.40. The van der Waals surface area contributed by atoms with E-state index in [1.807, 2.05) is 13.0 Å². The molecule has 0 spiro atoms. The number of carbonyl (C=O) groups is 1. The van der Waals surface area contributed by atoms with E-state index in [2.05, 4.69) is 0 Å². The summed E-state index contributed by atoms with van der Waals surface area (Å²) in [5.74, 6) is -1.54. The van der Waals surface area contributed by atoms with Crippen molar-refractivity contribution in [2.24, 2.45) is 5.92 Å². The smallest absolute Gasteiger partial charge is 0.180 e. The second kappa shape index (κ2) is 5.62. The van der Waals surface area contributed by atoms with Gasteiger partial charge in [0.05, 0.1) is 11.1 Å². The van der Waals surface area contributed by atoms with E-state index in [-0.39, 0.29) is 16.4 Å². The number of ketones is 1. The van der Waals surface area contributed by atoms with Gasteiger partial charge in [0.25, 0.3) is 0 Å². The summed E-state index contributed by atoms with van der Waals surface area (Å²) in [7, 11) is 0. The molecule has 1 rings (SSSR count). The van der Waals surface area contributed by atoms with E-state index in [0.29, 0.717) is 6.42 Å². The lowest BCUT2D eigenvalue weighted by atomic mass is 9.95. The molecular weight excluding hydrogens is 229 g/mol. The molecule has 0 aliphatic heterocycles. The third kappa shape index (κ3) is 2.80. The molecule has 0 aromatic heterocycles. The lowest BCUT2D eigenvalue weighted by Gasteiger charge is -2.06. The third-order valence-electron chi connectivity index (χ3n) is 2.25. The minimum atomic E-state index is -0.675. The molecule has 4 heteroatoms. The molecule has 0 aliphatic rings. The van der Waals surface area contributed by atoms with E-state index in [4.69, 9.17) is 16.9 Å². The zero-order chi connectivity index (χ0) is 12.1. The topological polar surface area (TPSA) is 40.9 Å². The number of rotatable bonds is 4. The summed E-state index contributed by atoms with van der Waals surface area (Å²) in [4.78, 5) is 11.8. The van der Waals surface area contributed by atoms with Crippen molar-refractivity contribution in [3.8, 4) is 6.07 Å². The fourth-order valence-electron chi connectivity index (χ4n) is 1.39. The molecular formula is C12H11ClFNO. The minimum Gasteiger partial charge on any atom is -0.293 e. The van der Waals surface area contributed by atoms with E-state index in [0.717, 1.165) is 12.5 Å². The van der Waals surface area contributed by atoms with E-state index in [1.165, 1.54) is 12.1 Å². The van der Waals surface area contributed by atoms with Crippen LogP contribution in [-0.4, -0.2) is 5.78 Å². The molecule has 0 N–H and O–H groups in total. The van der Waals surface area contributed by atoms with Crippen LogP contribution in [0.2, 0.25) is 5.02 Å². The highest BCUT2D eigenvalue weighted by Crippen LogP contribution is 2.20. The van der Waals surface area contributed by atoms with Gasteiger partial charge in [-0.05, 0) is 24.6 Å². The quantitative estimate of drug-likeness (QED) is 0.754.